The second-order valence-corrected chi connectivity index (χ2v) is 4.80. The van der Waals surface area contributed by atoms with Crippen LogP contribution in [0.15, 0.2) is 42.5 Å². The van der Waals surface area contributed by atoms with Crippen LogP contribution in [0.3, 0.4) is 0 Å². The van der Waals surface area contributed by atoms with Crippen molar-refractivity contribution in [2.45, 2.75) is 25.9 Å². The van der Waals surface area contributed by atoms with E-state index in [1.54, 1.807) is 0 Å². The van der Waals surface area contributed by atoms with Gasteiger partial charge in [-0.25, -0.2) is 0 Å². The van der Waals surface area contributed by atoms with Crippen molar-refractivity contribution < 1.29 is 5.11 Å². The molecule has 1 aliphatic rings. The highest BCUT2D eigenvalue weighted by molar-refractivity contribution is 5.70. The number of rotatable bonds is 1. The van der Waals surface area contributed by atoms with Crippen molar-refractivity contribution >= 4 is 0 Å². The molecule has 1 aliphatic carbocycles. The summed E-state index contributed by atoms with van der Waals surface area (Å²) in [5, 5.41) is 9.91. The molecule has 17 heavy (non-hydrogen) atoms. The van der Waals surface area contributed by atoms with Crippen LogP contribution < -0.4 is 0 Å². The fourth-order valence-electron chi connectivity index (χ4n) is 2.72. The number of aliphatic hydroxyl groups is 1. The molecule has 0 amide bonds. The zero-order valence-corrected chi connectivity index (χ0v) is 9.98. The van der Waals surface area contributed by atoms with E-state index in [1.807, 2.05) is 12.1 Å². The Kier molecular flexibility index (Phi) is 2.49. The molecule has 0 bridgehead atoms. The topological polar surface area (TPSA) is 20.2 Å². The largest absolute Gasteiger partial charge is 0.388 e. The van der Waals surface area contributed by atoms with E-state index in [0.717, 1.165) is 18.4 Å². The maximum Gasteiger partial charge on any atom is 0.0796 e. The SMILES string of the molecule is Cc1cccc(-c2cccc3c2CCC3O)c1. The summed E-state index contributed by atoms with van der Waals surface area (Å²) in [6, 6.07) is 14.8. The lowest BCUT2D eigenvalue weighted by Crippen LogP contribution is -1.91. The summed E-state index contributed by atoms with van der Waals surface area (Å²) in [7, 11) is 0. The molecule has 1 nitrogen and oxygen atoms in total. The zero-order valence-electron chi connectivity index (χ0n) is 9.98. The Hall–Kier alpha value is -1.60. The number of aliphatic hydroxyl groups excluding tert-OH is 1. The number of fused-ring (bicyclic) bond motifs is 1. The third-order valence-corrected chi connectivity index (χ3v) is 3.57. The summed E-state index contributed by atoms with van der Waals surface area (Å²) in [5.74, 6) is 0. The van der Waals surface area contributed by atoms with E-state index in [2.05, 4.69) is 37.3 Å². The minimum Gasteiger partial charge on any atom is -0.388 e. The molecule has 0 heterocycles. The summed E-state index contributed by atoms with van der Waals surface area (Å²) >= 11 is 0. The van der Waals surface area contributed by atoms with Crippen LogP contribution in [0.2, 0.25) is 0 Å². The first kappa shape index (κ1) is 10.5. The minimum atomic E-state index is -0.269. The Balaban J connectivity index is 2.17. The van der Waals surface area contributed by atoms with Gasteiger partial charge in [0, 0.05) is 0 Å². The Morgan fingerprint density at radius 2 is 1.94 bits per heavy atom. The maximum absolute atomic E-state index is 9.91. The van der Waals surface area contributed by atoms with E-state index >= 15 is 0 Å². The number of benzene rings is 2. The predicted molar refractivity (Wildman–Crippen MR) is 69.9 cm³/mol. The Bertz CT molecular complexity index is 557. The highest BCUT2D eigenvalue weighted by Gasteiger charge is 2.22. The van der Waals surface area contributed by atoms with E-state index in [-0.39, 0.29) is 6.10 Å². The molecular weight excluding hydrogens is 208 g/mol. The first-order valence-electron chi connectivity index (χ1n) is 6.12. The molecule has 0 spiro atoms. The van der Waals surface area contributed by atoms with Crippen molar-refractivity contribution in [3.63, 3.8) is 0 Å². The van der Waals surface area contributed by atoms with Crippen LogP contribution in [-0.2, 0) is 6.42 Å². The van der Waals surface area contributed by atoms with Crippen molar-refractivity contribution in [3.8, 4) is 11.1 Å². The molecule has 0 saturated heterocycles. The highest BCUT2D eigenvalue weighted by Crippen LogP contribution is 2.37. The highest BCUT2D eigenvalue weighted by atomic mass is 16.3. The summed E-state index contributed by atoms with van der Waals surface area (Å²) in [6.07, 6.45) is 1.58. The van der Waals surface area contributed by atoms with Gasteiger partial charge in [0.1, 0.15) is 0 Å². The van der Waals surface area contributed by atoms with Crippen LogP contribution in [0.25, 0.3) is 11.1 Å². The fraction of sp³-hybridized carbons (Fsp3) is 0.250. The molecular formula is C16H16O. The van der Waals surface area contributed by atoms with Gasteiger partial charge in [-0.15, -0.1) is 0 Å². The van der Waals surface area contributed by atoms with Crippen molar-refractivity contribution in [1.29, 1.82) is 0 Å². The van der Waals surface area contributed by atoms with Crippen LogP contribution in [-0.4, -0.2) is 5.11 Å². The van der Waals surface area contributed by atoms with Crippen LogP contribution in [0.4, 0.5) is 0 Å². The average Bonchev–Trinajstić information content (AvgIpc) is 2.71. The lowest BCUT2D eigenvalue weighted by Gasteiger charge is -2.10. The zero-order chi connectivity index (χ0) is 11.8. The fourth-order valence-corrected chi connectivity index (χ4v) is 2.72. The van der Waals surface area contributed by atoms with Crippen LogP contribution >= 0.6 is 0 Å². The van der Waals surface area contributed by atoms with E-state index in [9.17, 15) is 5.11 Å². The van der Waals surface area contributed by atoms with Crippen LogP contribution in [0, 0.1) is 6.92 Å². The molecule has 2 aromatic carbocycles. The summed E-state index contributed by atoms with van der Waals surface area (Å²) in [4.78, 5) is 0. The lowest BCUT2D eigenvalue weighted by molar-refractivity contribution is 0.180. The summed E-state index contributed by atoms with van der Waals surface area (Å²) in [5.41, 5.74) is 6.26. The summed E-state index contributed by atoms with van der Waals surface area (Å²) < 4.78 is 0. The Morgan fingerprint density at radius 3 is 2.76 bits per heavy atom. The van der Waals surface area contributed by atoms with Gasteiger partial charge in [0.15, 0.2) is 0 Å². The van der Waals surface area contributed by atoms with Crippen molar-refractivity contribution in [3.05, 3.63) is 59.2 Å². The number of aryl methyl sites for hydroxylation is 1. The second kappa shape index (κ2) is 4.01. The van der Waals surface area contributed by atoms with Gasteiger partial charge in [-0.2, -0.15) is 0 Å². The monoisotopic (exact) mass is 224 g/mol. The van der Waals surface area contributed by atoms with E-state index in [1.165, 1.54) is 22.3 Å². The van der Waals surface area contributed by atoms with Gasteiger partial charge in [-0.3, -0.25) is 0 Å². The average molecular weight is 224 g/mol. The standard InChI is InChI=1S/C16H16O/c1-11-4-2-5-12(10-11)13-6-3-7-15-14(13)8-9-16(15)17/h2-7,10,16-17H,8-9H2,1H3. The molecule has 0 fully saturated rings. The van der Waals surface area contributed by atoms with E-state index < -0.39 is 0 Å². The molecule has 86 valence electrons. The lowest BCUT2D eigenvalue weighted by atomic mass is 9.96. The van der Waals surface area contributed by atoms with Crippen LogP contribution in [0.5, 0.6) is 0 Å². The number of hydrogen-bond donors (Lipinski definition) is 1. The van der Waals surface area contributed by atoms with E-state index in [4.69, 9.17) is 0 Å². The van der Waals surface area contributed by atoms with Gasteiger partial charge >= 0.3 is 0 Å². The van der Waals surface area contributed by atoms with Crippen molar-refractivity contribution in [1.82, 2.24) is 0 Å². The molecule has 0 saturated carbocycles. The Labute approximate surface area is 102 Å². The van der Waals surface area contributed by atoms with Gasteiger partial charge < -0.3 is 5.11 Å². The van der Waals surface area contributed by atoms with Gasteiger partial charge in [-0.1, -0.05) is 48.0 Å². The second-order valence-electron chi connectivity index (χ2n) is 4.80. The minimum absolute atomic E-state index is 0.269. The smallest absolute Gasteiger partial charge is 0.0796 e. The van der Waals surface area contributed by atoms with Gasteiger partial charge in [0.25, 0.3) is 0 Å². The maximum atomic E-state index is 9.91. The number of hydrogen-bond acceptors (Lipinski definition) is 1. The first-order chi connectivity index (χ1) is 8.25. The van der Waals surface area contributed by atoms with E-state index in [0.29, 0.717) is 0 Å². The third-order valence-electron chi connectivity index (χ3n) is 3.57. The molecule has 1 N–H and O–H groups in total. The molecule has 0 aromatic heterocycles. The van der Waals surface area contributed by atoms with Gasteiger partial charge in [0.05, 0.1) is 6.10 Å². The third kappa shape index (κ3) is 1.77. The first-order valence-corrected chi connectivity index (χ1v) is 6.12. The van der Waals surface area contributed by atoms with Crippen LogP contribution in [0.1, 0.15) is 29.2 Å². The van der Waals surface area contributed by atoms with Crippen molar-refractivity contribution in [2.75, 3.05) is 0 Å². The Morgan fingerprint density at radius 1 is 1.12 bits per heavy atom. The van der Waals surface area contributed by atoms with Crippen molar-refractivity contribution in [2.24, 2.45) is 0 Å². The predicted octanol–water partition coefficient (Wildman–Crippen LogP) is 3.64. The quantitative estimate of drug-likeness (QED) is 0.784. The van der Waals surface area contributed by atoms with Gasteiger partial charge in [-0.05, 0) is 42.0 Å². The molecule has 1 atom stereocenters. The molecule has 2 aromatic rings. The normalized spacial score (nSPS) is 18.1. The summed E-state index contributed by atoms with van der Waals surface area (Å²) in [6.45, 7) is 2.11. The molecule has 3 rings (SSSR count). The molecule has 1 heteroatoms. The molecule has 0 radical (unpaired) electrons. The molecule has 0 aliphatic heterocycles. The molecule has 1 unspecified atom stereocenters. The van der Waals surface area contributed by atoms with Gasteiger partial charge in [0.2, 0.25) is 0 Å².